The molecule has 0 fully saturated rings. The van der Waals surface area contributed by atoms with Gasteiger partial charge in [-0.25, -0.2) is 0 Å². The van der Waals surface area contributed by atoms with Gasteiger partial charge in [-0.2, -0.15) is 0 Å². The molecule has 0 radical (unpaired) electrons. The van der Waals surface area contributed by atoms with Crippen LogP contribution in [0.25, 0.3) is 0 Å². The summed E-state index contributed by atoms with van der Waals surface area (Å²) in [5, 5.41) is 4.72. The minimum atomic E-state index is 0.297. The Bertz CT molecular complexity index is 146. The summed E-state index contributed by atoms with van der Waals surface area (Å²) >= 11 is 3.50. The molecule has 0 saturated carbocycles. The predicted molar refractivity (Wildman–Crippen MR) is 78.5 cm³/mol. The van der Waals surface area contributed by atoms with E-state index in [0.29, 0.717) is 5.54 Å². The van der Waals surface area contributed by atoms with Crippen LogP contribution in [0.2, 0.25) is 0 Å². The van der Waals surface area contributed by atoms with E-state index in [1.807, 2.05) is 0 Å². The Hall–Kier alpha value is 0.440. The molecule has 2 heteroatoms. The predicted octanol–water partition coefficient (Wildman–Crippen LogP) is 4.89. The average Bonchev–Trinajstić information content (AvgIpc) is 2.22. The lowest BCUT2D eigenvalue weighted by Gasteiger charge is -2.25. The van der Waals surface area contributed by atoms with Crippen molar-refractivity contribution in [1.29, 1.82) is 0 Å². The van der Waals surface area contributed by atoms with Crippen molar-refractivity contribution in [3.8, 4) is 0 Å². The topological polar surface area (TPSA) is 12.0 Å². The van der Waals surface area contributed by atoms with Gasteiger partial charge in [0.1, 0.15) is 0 Å². The van der Waals surface area contributed by atoms with Crippen molar-refractivity contribution in [2.75, 3.05) is 11.9 Å². The summed E-state index contributed by atoms with van der Waals surface area (Å²) in [5.74, 6) is 0. The number of hydrogen-bond acceptors (Lipinski definition) is 1. The molecular formula is C14H30BrN. The summed E-state index contributed by atoms with van der Waals surface area (Å²) < 4.78 is 0. The first kappa shape index (κ1) is 16.4. The zero-order valence-corrected chi connectivity index (χ0v) is 13.0. The fraction of sp³-hybridized carbons (Fsp3) is 1.00. The number of rotatable bonds is 11. The monoisotopic (exact) mass is 291 g/mol. The van der Waals surface area contributed by atoms with Gasteiger partial charge >= 0.3 is 0 Å². The Balaban J connectivity index is 3.20. The smallest absolute Gasteiger partial charge is 0.0133 e. The Morgan fingerprint density at radius 3 is 2.06 bits per heavy atom. The van der Waals surface area contributed by atoms with Crippen molar-refractivity contribution in [3.63, 3.8) is 0 Å². The molecule has 0 aliphatic carbocycles. The lowest BCUT2D eigenvalue weighted by atomic mass is 10.0. The van der Waals surface area contributed by atoms with E-state index in [4.69, 9.17) is 0 Å². The molecule has 0 amide bonds. The van der Waals surface area contributed by atoms with Crippen molar-refractivity contribution < 1.29 is 0 Å². The second kappa shape index (κ2) is 10.6. The van der Waals surface area contributed by atoms with Crippen molar-refractivity contribution in [1.82, 2.24) is 5.32 Å². The molecule has 1 N–H and O–H groups in total. The molecule has 0 aromatic heterocycles. The fourth-order valence-electron chi connectivity index (χ4n) is 1.83. The van der Waals surface area contributed by atoms with Gasteiger partial charge in [0.05, 0.1) is 0 Å². The third-order valence-corrected chi connectivity index (χ3v) is 3.50. The first-order chi connectivity index (χ1) is 7.62. The van der Waals surface area contributed by atoms with E-state index in [-0.39, 0.29) is 0 Å². The summed E-state index contributed by atoms with van der Waals surface area (Å²) in [6.07, 6.45) is 11.0. The van der Waals surface area contributed by atoms with E-state index in [9.17, 15) is 0 Å². The lowest BCUT2D eigenvalue weighted by molar-refractivity contribution is 0.373. The maximum atomic E-state index is 3.63. The SMILES string of the molecule is CCCCCCCCCNC(C)(C)CCBr. The molecule has 0 bridgehead atoms. The molecule has 0 heterocycles. The molecule has 16 heavy (non-hydrogen) atoms. The van der Waals surface area contributed by atoms with E-state index in [0.717, 1.165) is 5.33 Å². The zero-order chi connectivity index (χ0) is 12.3. The van der Waals surface area contributed by atoms with Crippen LogP contribution >= 0.6 is 15.9 Å². The summed E-state index contributed by atoms with van der Waals surface area (Å²) in [6, 6.07) is 0. The zero-order valence-electron chi connectivity index (χ0n) is 11.4. The van der Waals surface area contributed by atoms with Crippen LogP contribution < -0.4 is 5.32 Å². The van der Waals surface area contributed by atoms with Crippen LogP contribution in [0.15, 0.2) is 0 Å². The molecule has 0 rings (SSSR count). The third-order valence-electron chi connectivity index (χ3n) is 3.10. The summed E-state index contributed by atoms with van der Waals surface area (Å²) in [5.41, 5.74) is 0.297. The molecule has 0 unspecified atom stereocenters. The number of unbranched alkanes of at least 4 members (excludes halogenated alkanes) is 6. The highest BCUT2D eigenvalue weighted by molar-refractivity contribution is 9.09. The van der Waals surface area contributed by atoms with E-state index >= 15 is 0 Å². The first-order valence-corrected chi connectivity index (χ1v) is 8.05. The minimum Gasteiger partial charge on any atom is -0.312 e. The number of alkyl halides is 1. The van der Waals surface area contributed by atoms with Gasteiger partial charge in [-0.1, -0.05) is 61.4 Å². The third kappa shape index (κ3) is 10.9. The van der Waals surface area contributed by atoms with Crippen LogP contribution in [0.1, 0.15) is 72.1 Å². The van der Waals surface area contributed by atoms with Crippen LogP contribution in [0.5, 0.6) is 0 Å². The molecule has 0 saturated heterocycles. The van der Waals surface area contributed by atoms with Gasteiger partial charge in [0.15, 0.2) is 0 Å². The van der Waals surface area contributed by atoms with Crippen LogP contribution in [-0.4, -0.2) is 17.4 Å². The van der Waals surface area contributed by atoms with Crippen molar-refractivity contribution in [2.24, 2.45) is 0 Å². The molecule has 0 aliphatic heterocycles. The number of nitrogens with one attached hydrogen (secondary N) is 1. The molecule has 0 aromatic rings. The van der Waals surface area contributed by atoms with Gasteiger partial charge in [-0.3, -0.25) is 0 Å². The van der Waals surface area contributed by atoms with Crippen LogP contribution in [0.3, 0.4) is 0 Å². The largest absolute Gasteiger partial charge is 0.312 e. The quantitative estimate of drug-likeness (QED) is 0.422. The molecule has 1 nitrogen and oxygen atoms in total. The summed E-state index contributed by atoms with van der Waals surface area (Å²) in [4.78, 5) is 0. The highest BCUT2D eigenvalue weighted by atomic mass is 79.9. The van der Waals surface area contributed by atoms with Gasteiger partial charge in [0.25, 0.3) is 0 Å². The second-order valence-corrected chi connectivity index (χ2v) is 6.16. The van der Waals surface area contributed by atoms with Gasteiger partial charge in [0, 0.05) is 10.9 Å². The fourth-order valence-corrected chi connectivity index (χ4v) is 2.82. The molecule has 0 aliphatic rings. The first-order valence-electron chi connectivity index (χ1n) is 6.93. The maximum absolute atomic E-state index is 3.63. The Labute approximate surface area is 111 Å². The van der Waals surface area contributed by atoms with E-state index < -0.39 is 0 Å². The Morgan fingerprint density at radius 2 is 1.50 bits per heavy atom. The van der Waals surface area contributed by atoms with Gasteiger partial charge in [-0.15, -0.1) is 0 Å². The van der Waals surface area contributed by atoms with E-state index in [1.165, 1.54) is 57.9 Å². The van der Waals surface area contributed by atoms with Crippen LogP contribution in [-0.2, 0) is 0 Å². The van der Waals surface area contributed by atoms with E-state index in [2.05, 4.69) is 42.0 Å². The van der Waals surface area contributed by atoms with Crippen molar-refractivity contribution >= 4 is 15.9 Å². The van der Waals surface area contributed by atoms with Gasteiger partial charge < -0.3 is 5.32 Å². The molecule has 0 aromatic carbocycles. The molecule has 98 valence electrons. The molecule has 0 atom stereocenters. The van der Waals surface area contributed by atoms with Gasteiger partial charge in [0.2, 0.25) is 0 Å². The number of hydrogen-bond donors (Lipinski definition) is 1. The van der Waals surface area contributed by atoms with E-state index in [1.54, 1.807) is 0 Å². The average molecular weight is 292 g/mol. The standard InChI is InChI=1S/C14H30BrN/c1-4-5-6-7-8-9-10-13-16-14(2,3)11-12-15/h16H,4-13H2,1-3H3. The van der Waals surface area contributed by atoms with Crippen molar-refractivity contribution in [2.45, 2.75) is 77.7 Å². The highest BCUT2D eigenvalue weighted by Gasteiger charge is 2.14. The highest BCUT2D eigenvalue weighted by Crippen LogP contribution is 2.11. The summed E-state index contributed by atoms with van der Waals surface area (Å²) in [7, 11) is 0. The summed E-state index contributed by atoms with van der Waals surface area (Å²) in [6.45, 7) is 8.02. The second-order valence-electron chi connectivity index (χ2n) is 5.37. The Morgan fingerprint density at radius 1 is 0.938 bits per heavy atom. The normalized spacial score (nSPS) is 12.0. The van der Waals surface area contributed by atoms with Crippen LogP contribution in [0, 0.1) is 0 Å². The molecule has 0 spiro atoms. The lowest BCUT2D eigenvalue weighted by Crippen LogP contribution is -2.40. The van der Waals surface area contributed by atoms with Gasteiger partial charge in [-0.05, 0) is 33.2 Å². The number of halogens is 1. The minimum absolute atomic E-state index is 0.297. The van der Waals surface area contributed by atoms with Crippen molar-refractivity contribution in [3.05, 3.63) is 0 Å². The Kier molecular flexibility index (Phi) is 10.9. The maximum Gasteiger partial charge on any atom is 0.0133 e. The molecular weight excluding hydrogens is 262 g/mol. The van der Waals surface area contributed by atoms with Crippen LogP contribution in [0.4, 0.5) is 0 Å².